The molecule has 0 radical (unpaired) electrons. The zero-order chi connectivity index (χ0) is 16.8. The lowest BCUT2D eigenvalue weighted by Gasteiger charge is -2.10. The molecule has 0 heterocycles. The van der Waals surface area contributed by atoms with Crippen molar-refractivity contribution in [1.82, 2.24) is 4.72 Å². The van der Waals surface area contributed by atoms with Gasteiger partial charge < -0.3 is 10.1 Å². The molecule has 8 heteroatoms. The van der Waals surface area contributed by atoms with Crippen LogP contribution < -0.4 is 10.0 Å². The van der Waals surface area contributed by atoms with Crippen LogP contribution in [0.15, 0.2) is 29.2 Å². The van der Waals surface area contributed by atoms with Gasteiger partial charge in [0.05, 0.1) is 11.5 Å². The second-order valence-corrected chi connectivity index (χ2v) is 6.54. The fourth-order valence-corrected chi connectivity index (χ4v) is 2.90. The van der Waals surface area contributed by atoms with Crippen LogP contribution in [0.3, 0.4) is 0 Å². The molecule has 122 valence electrons. The minimum atomic E-state index is -3.57. The van der Waals surface area contributed by atoms with E-state index in [1.165, 1.54) is 24.3 Å². The van der Waals surface area contributed by atoms with Gasteiger partial charge in [-0.25, -0.2) is 13.1 Å². The van der Waals surface area contributed by atoms with E-state index < -0.39 is 21.9 Å². The summed E-state index contributed by atoms with van der Waals surface area (Å²) in [6.07, 6.45) is -0.386. The highest BCUT2D eigenvalue weighted by atomic mass is 32.2. The molecule has 0 fully saturated rings. The Morgan fingerprint density at radius 3 is 2.27 bits per heavy atom. The smallest absolute Gasteiger partial charge is 0.315 e. The van der Waals surface area contributed by atoms with Gasteiger partial charge in [-0.05, 0) is 45.0 Å². The molecule has 1 aromatic carbocycles. The van der Waals surface area contributed by atoms with E-state index in [0.717, 1.165) is 0 Å². The van der Waals surface area contributed by atoms with Gasteiger partial charge in [-0.2, -0.15) is 0 Å². The summed E-state index contributed by atoms with van der Waals surface area (Å²) in [6, 6.07) is 5.46. The number of esters is 1. The van der Waals surface area contributed by atoms with Crippen molar-refractivity contribution in [1.29, 1.82) is 0 Å². The van der Waals surface area contributed by atoms with Crippen LogP contribution in [-0.2, 0) is 24.3 Å². The number of benzene rings is 1. The first-order chi connectivity index (χ1) is 10.2. The van der Waals surface area contributed by atoms with Crippen molar-refractivity contribution in [3.8, 4) is 0 Å². The molecule has 0 aliphatic heterocycles. The molecule has 0 saturated carbocycles. The summed E-state index contributed by atoms with van der Waals surface area (Å²) >= 11 is 0. The quantitative estimate of drug-likeness (QED) is 0.580. The third-order valence-corrected chi connectivity index (χ3v) is 4.12. The SMILES string of the molecule is CCOC(=O)CC(=O)Nc1ccc(S(=O)(=O)NC(C)C)cc1. The normalized spacial score (nSPS) is 11.3. The summed E-state index contributed by atoms with van der Waals surface area (Å²) in [5.74, 6) is -1.13. The first-order valence-corrected chi connectivity index (χ1v) is 8.30. The second kappa shape index (κ2) is 7.90. The fourth-order valence-electron chi connectivity index (χ4n) is 1.64. The van der Waals surface area contributed by atoms with Crippen molar-refractivity contribution in [3.63, 3.8) is 0 Å². The zero-order valence-corrected chi connectivity index (χ0v) is 13.6. The minimum Gasteiger partial charge on any atom is -0.466 e. The average Bonchev–Trinajstić information content (AvgIpc) is 2.37. The molecule has 0 unspecified atom stereocenters. The van der Waals surface area contributed by atoms with Gasteiger partial charge in [-0.1, -0.05) is 0 Å². The molecule has 1 amide bonds. The van der Waals surface area contributed by atoms with E-state index in [2.05, 4.69) is 14.8 Å². The predicted octanol–water partition coefficient (Wildman–Crippen LogP) is 1.26. The number of hydrogen-bond acceptors (Lipinski definition) is 5. The molecule has 0 aliphatic carbocycles. The lowest BCUT2D eigenvalue weighted by atomic mass is 10.3. The summed E-state index contributed by atoms with van der Waals surface area (Å²) in [6.45, 7) is 5.31. The second-order valence-electron chi connectivity index (χ2n) is 4.83. The maximum Gasteiger partial charge on any atom is 0.315 e. The Morgan fingerprint density at radius 1 is 1.18 bits per heavy atom. The number of carbonyl (C=O) groups is 2. The largest absolute Gasteiger partial charge is 0.466 e. The average molecular weight is 328 g/mol. The van der Waals surface area contributed by atoms with E-state index in [9.17, 15) is 18.0 Å². The van der Waals surface area contributed by atoms with Crippen LogP contribution in [-0.4, -0.2) is 32.9 Å². The monoisotopic (exact) mass is 328 g/mol. The topological polar surface area (TPSA) is 102 Å². The van der Waals surface area contributed by atoms with E-state index in [1.54, 1.807) is 20.8 Å². The van der Waals surface area contributed by atoms with Gasteiger partial charge in [0, 0.05) is 11.7 Å². The van der Waals surface area contributed by atoms with Crippen LogP contribution in [0.25, 0.3) is 0 Å². The Bertz CT molecular complexity index is 623. The first kappa shape index (κ1) is 18.1. The lowest BCUT2D eigenvalue weighted by molar-refractivity contribution is -0.145. The Labute approximate surface area is 130 Å². The van der Waals surface area contributed by atoms with Crippen LogP contribution >= 0.6 is 0 Å². The number of anilines is 1. The van der Waals surface area contributed by atoms with Gasteiger partial charge in [0.1, 0.15) is 6.42 Å². The molecule has 7 nitrogen and oxygen atoms in total. The number of ether oxygens (including phenoxy) is 1. The van der Waals surface area contributed by atoms with Crippen LogP contribution in [0.4, 0.5) is 5.69 Å². The van der Waals surface area contributed by atoms with E-state index >= 15 is 0 Å². The van der Waals surface area contributed by atoms with Gasteiger partial charge in [0.25, 0.3) is 0 Å². The summed E-state index contributed by atoms with van der Waals surface area (Å²) in [5, 5.41) is 2.50. The number of amides is 1. The summed E-state index contributed by atoms with van der Waals surface area (Å²) in [7, 11) is -3.57. The fraction of sp³-hybridized carbons (Fsp3) is 0.429. The van der Waals surface area contributed by atoms with E-state index in [0.29, 0.717) is 5.69 Å². The summed E-state index contributed by atoms with van der Waals surface area (Å²) in [4.78, 5) is 22.8. The van der Waals surface area contributed by atoms with Gasteiger partial charge in [0.15, 0.2) is 0 Å². The van der Waals surface area contributed by atoms with Crippen LogP contribution in [0.5, 0.6) is 0 Å². The Hall–Kier alpha value is -1.93. The van der Waals surface area contributed by atoms with E-state index in [-0.39, 0.29) is 24.0 Å². The molecule has 0 atom stereocenters. The summed E-state index contributed by atoms with van der Waals surface area (Å²) in [5.41, 5.74) is 0.401. The maximum absolute atomic E-state index is 11.9. The number of hydrogen-bond donors (Lipinski definition) is 2. The molecule has 0 aliphatic rings. The molecular formula is C14H20N2O5S. The van der Waals surface area contributed by atoms with Crippen molar-refractivity contribution in [2.24, 2.45) is 0 Å². The third kappa shape index (κ3) is 5.82. The number of sulfonamides is 1. The number of rotatable bonds is 7. The molecule has 1 aromatic rings. The highest BCUT2D eigenvalue weighted by Gasteiger charge is 2.15. The Morgan fingerprint density at radius 2 is 1.77 bits per heavy atom. The molecular weight excluding hydrogens is 308 g/mol. The van der Waals surface area contributed by atoms with Crippen LogP contribution in [0.1, 0.15) is 27.2 Å². The van der Waals surface area contributed by atoms with Crippen LogP contribution in [0.2, 0.25) is 0 Å². The highest BCUT2D eigenvalue weighted by Crippen LogP contribution is 2.14. The lowest BCUT2D eigenvalue weighted by Crippen LogP contribution is -2.30. The molecule has 0 saturated heterocycles. The Kier molecular flexibility index (Phi) is 6.51. The van der Waals surface area contributed by atoms with Gasteiger partial charge >= 0.3 is 5.97 Å². The molecule has 0 aromatic heterocycles. The van der Waals surface area contributed by atoms with Crippen molar-refractivity contribution in [3.05, 3.63) is 24.3 Å². The molecule has 0 bridgehead atoms. The highest BCUT2D eigenvalue weighted by molar-refractivity contribution is 7.89. The van der Waals surface area contributed by atoms with Gasteiger partial charge in [0.2, 0.25) is 15.9 Å². The van der Waals surface area contributed by atoms with E-state index in [4.69, 9.17) is 0 Å². The number of nitrogens with one attached hydrogen (secondary N) is 2. The third-order valence-electron chi connectivity index (χ3n) is 2.45. The molecule has 2 N–H and O–H groups in total. The van der Waals surface area contributed by atoms with E-state index in [1.807, 2.05) is 0 Å². The van der Waals surface area contributed by atoms with Crippen molar-refractivity contribution in [2.75, 3.05) is 11.9 Å². The summed E-state index contributed by atoms with van der Waals surface area (Å²) < 4.78 is 31.0. The standard InChI is InChI=1S/C14H20N2O5S/c1-4-21-14(18)9-13(17)15-11-5-7-12(8-6-11)22(19,20)16-10(2)3/h5-8,10,16H,4,9H2,1-3H3,(H,15,17). The Balaban J connectivity index is 2.69. The molecule has 1 rings (SSSR count). The zero-order valence-electron chi connectivity index (χ0n) is 12.8. The van der Waals surface area contributed by atoms with Crippen LogP contribution in [0, 0.1) is 0 Å². The predicted molar refractivity (Wildman–Crippen MR) is 81.8 cm³/mol. The first-order valence-electron chi connectivity index (χ1n) is 6.82. The number of carbonyl (C=O) groups excluding carboxylic acids is 2. The van der Waals surface area contributed by atoms with Crippen molar-refractivity contribution >= 4 is 27.6 Å². The van der Waals surface area contributed by atoms with Crippen molar-refractivity contribution < 1.29 is 22.7 Å². The van der Waals surface area contributed by atoms with Gasteiger partial charge in [-0.15, -0.1) is 0 Å². The molecule has 0 spiro atoms. The molecule has 22 heavy (non-hydrogen) atoms. The van der Waals surface area contributed by atoms with Crippen molar-refractivity contribution in [2.45, 2.75) is 38.1 Å². The minimum absolute atomic E-state index is 0.101. The maximum atomic E-state index is 11.9. The van der Waals surface area contributed by atoms with Gasteiger partial charge in [-0.3, -0.25) is 9.59 Å².